The molecule has 1 amide bonds. The molecule has 0 aromatic carbocycles. The van der Waals surface area contributed by atoms with Crippen molar-refractivity contribution in [1.82, 2.24) is 14.9 Å². The molecule has 0 saturated carbocycles. The summed E-state index contributed by atoms with van der Waals surface area (Å²) in [6, 6.07) is 4.00. The Morgan fingerprint density at radius 2 is 2.16 bits per heavy atom. The molecule has 0 aliphatic carbocycles. The average molecular weight is 373 g/mol. The minimum absolute atomic E-state index is 0.333. The van der Waals surface area contributed by atoms with Crippen molar-refractivity contribution in [2.24, 2.45) is 5.73 Å². The third-order valence-corrected chi connectivity index (χ3v) is 7.00. The van der Waals surface area contributed by atoms with Crippen LogP contribution in [-0.2, 0) is 6.54 Å². The highest BCUT2D eigenvalue weighted by Gasteiger charge is 2.28. The Morgan fingerprint density at radius 3 is 2.84 bits per heavy atom. The monoisotopic (exact) mass is 372 g/mol. The summed E-state index contributed by atoms with van der Waals surface area (Å²) in [6.07, 6.45) is 3.85. The number of likely N-dealkylation sites (tertiary alicyclic amines) is 1. The molecule has 7 heteroatoms. The Morgan fingerprint density at radius 1 is 1.36 bits per heavy atom. The third kappa shape index (κ3) is 3.19. The van der Waals surface area contributed by atoms with Gasteiger partial charge in [-0.15, -0.1) is 22.7 Å². The van der Waals surface area contributed by atoms with E-state index in [1.54, 1.807) is 17.5 Å². The van der Waals surface area contributed by atoms with Crippen molar-refractivity contribution in [1.29, 1.82) is 0 Å². The van der Waals surface area contributed by atoms with Gasteiger partial charge in [-0.3, -0.25) is 9.69 Å². The van der Waals surface area contributed by atoms with Crippen molar-refractivity contribution in [2.45, 2.75) is 32.2 Å². The second kappa shape index (κ2) is 6.82. The fourth-order valence-corrected chi connectivity index (χ4v) is 5.50. The number of amides is 1. The highest BCUT2D eigenvalue weighted by molar-refractivity contribution is 7.20. The molecule has 130 valence electrons. The minimum Gasteiger partial charge on any atom is -0.365 e. The summed E-state index contributed by atoms with van der Waals surface area (Å²) in [5.41, 5.74) is 9.82. The topological polar surface area (TPSA) is 72.1 Å². The summed E-state index contributed by atoms with van der Waals surface area (Å²) in [6.45, 7) is 5.09. The van der Waals surface area contributed by atoms with E-state index in [1.165, 1.54) is 16.2 Å². The predicted octanol–water partition coefficient (Wildman–Crippen LogP) is 3.54. The molecular formula is C18H20N4OS2. The van der Waals surface area contributed by atoms with E-state index in [0.29, 0.717) is 10.8 Å². The number of pyridine rings is 1. The van der Waals surface area contributed by atoms with Crippen LogP contribution < -0.4 is 5.73 Å². The zero-order valence-corrected chi connectivity index (χ0v) is 15.7. The summed E-state index contributed by atoms with van der Waals surface area (Å²) in [4.78, 5) is 26.1. The highest BCUT2D eigenvalue weighted by atomic mass is 32.1. The maximum atomic E-state index is 11.9. The maximum absolute atomic E-state index is 11.9. The van der Waals surface area contributed by atoms with Crippen LogP contribution in [0.1, 0.15) is 44.6 Å². The Hall–Kier alpha value is -1.83. The van der Waals surface area contributed by atoms with Crippen LogP contribution in [0.5, 0.6) is 0 Å². The summed E-state index contributed by atoms with van der Waals surface area (Å²) in [5, 5.41) is 1.10. The predicted molar refractivity (Wildman–Crippen MR) is 102 cm³/mol. The lowest BCUT2D eigenvalue weighted by Gasteiger charge is -2.32. The molecule has 3 aromatic heterocycles. The number of thiazole rings is 1. The molecular weight excluding hydrogens is 352 g/mol. The quantitative estimate of drug-likeness (QED) is 0.760. The van der Waals surface area contributed by atoms with Gasteiger partial charge in [-0.2, -0.15) is 0 Å². The van der Waals surface area contributed by atoms with Crippen LogP contribution in [0.3, 0.4) is 0 Å². The van der Waals surface area contributed by atoms with Gasteiger partial charge in [0.1, 0.15) is 4.83 Å². The molecule has 0 bridgehead atoms. The van der Waals surface area contributed by atoms with E-state index in [0.717, 1.165) is 53.9 Å². The first-order valence-corrected chi connectivity index (χ1v) is 10.1. The van der Waals surface area contributed by atoms with E-state index in [-0.39, 0.29) is 5.91 Å². The molecule has 3 aromatic rings. The standard InChI is InChI=1S/C18H20N4OS2/c1-11-14(24-10-21-11)9-22-7-4-12(5-8-22)15-13-3-2-6-20-18(13)25-16(15)17(19)23/h2-3,6,10,12H,4-5,7-9H2,1H3,(H2,19,23). The van der Waals surface area contributed by atoms with Crippen LogP contribution in [0, 0.1) is 6.92 Å². The number of fused-ring (bicyclic) bond motifs is 1. The molecule has 2 N–H and O–H groups in total. The molecule has 25 heavy (non-hydrogen) atoms. The molecule has 1 aliphatic heterocycles. The number of piperidine rings is 1. The largest absolute Gasteiger partial charge is 0.365 e. The van der Waals surface area contributed by atoms with Crippen molar-refractivity contribution < 1.29 is 4.79 Å². The molecule has 4 heterocycles. The van der Waals surface area contributed by atoms with Crippen molar-refractivity contribution in [3.63, 3.8) is 0 Å². The van der Waals surface area contributed by atoms with Crippen molar-refractivity contribution in [3.8, 4) is 0 Å². The second-order valence-electron chi connectivity index (χ2n) is 6.48. The molecule has 1 aliphatic rings. The van der Waals surface area contributed by atoms with E-state index < -0.39 is 0 Å². The number of nitrogens with two attached hydrogens (primary N) is 1. The molecule has 5 nitrogen and oxygen atoms in total. The van der Waals surface area contributed by atoms with E-state index in [1.807, 2.05) is 11.6 Å². The van der Waals surface area contributed by atoms with Gasteiger partial charge in [-0.25, -0.2) is 9.97 Å². The van der Waals surface area contributed by atoms with Gasteiger partial charge in [-0.1, -0.05) is 6.07 Å². The summed E-state index contributed by atoms with van der Waals surface area (Å²) >= 11 is 3.16. The number of aromatic nitrogens is 2. The molecule has 1 saturated heterocycles. The first kappa shape index (κ1) is 16.6. The fraction of sp³-hybridized carbons (Fsp3) is 0.389. The Bertz CT molecular complexity index is 909. The minimum atomic E-state index is -0.333. The lowest BCUT2D eigenvalue weighted by molar-refractivity contribution is 0.100. The zero-order chi connectivity index (χ0) is 17.4. The van der Waals surface area contributed by atoms with Crippen molar-refractivity contribution >= 4 is 38.8 Å². The normalized spacial score (nSPS) is 16.5. The molecule has 4 rings (SSSR count). The third-order valence-electron chi connectivity index (χ3n) is 4.94. The van der Waals surface area contributed by atoms with Crippen LogP contribution in [0.15, 0.2) is 23.8 Å². The number of hydrogen-bond donors (Lipinski definition) is 1. The molecule has 0 radical (unpaired) electrons. The van der Waals surface area contributed by atoms with Gasteiger partial charge in [0.2, 0.25) is 0 Å². The number of carbonyl (C=O) groups is 1. The van der Waals surface area contributed by atoms with Crippen LogP contribution in [0.4, 0.5) is 0 Å². The average Bonchev–Trinajstić information content (AvgIpc) is 3.20. The number of nitrogens with zero attached hydrogens (tertiary/aromatic N) is 3. The zero-order valence-electron chi connectivity index (χ0n) is 14.1. The van der Waals surface area contributed by atoms with Gasteiger partial charge in [-0.05, 0) is 50.4 Å². The molecule has 0 unspecified atom stereocenters. The number of primary amides is 1. The van der Waals surface area contributed by atoms with Crippen LogP contribution in [0.25, 0.3) is 10.2 Å². The number of thiophene rings is 1. The second-order valence-corrected chi connectivity index (χ2v) is 8.41. The SMILES string of the molecule is Cc1ncsc1CN1CCC(c2c(C(N)=O)sc3ncccc23)CC1. The van der Waals surface area contributed by atoms with Gasteiger partial charge in [0, 0.05) is 23.0 Å². The Labute approximate surface area is 154 Å². The summed E-state index contributed by atoms with van der Waals surface area (Å²) in [5.74, 6) is 0.0416. The molecule has 0 atom stereocenters. The van der Waals surface area contributed by atoms with Crippen LogP contribution >= 0.6 is 22.7 Å². The van der Waals surface area contributed by atoms with E-state index in [9.17, 15) is 4.79 Å². The maximum Gasteiger partial charge on any atom is 0.259 e. The van der Waals surface area contributed by atoms with Crippen LogP contribution in [0.2, 0.25) is 0 Å². The summed E-state index contributed by atoms with van der Waals surface area (Å²) in [7, 11) is 0. The number of hydrogen-bond acceptors (Lipinski definition) is 6. The number of aryl methyl sites for hydroxylation is 1. The first-order valence-electron chi connectivity index (χ1n) is 8.42. The van der Waals surface area contributed by atoms with Crippen molar-refractivity contribution in [3.05, 3.63) is 44.9 Å². The fourth-order valence-electron chi connectivity index (χ4n) is 3.60. The van der Waals surface area contributed by atoms with Gasteiger partial charge in [0.15, 0.2) is 0 Å². The van der Waals surface area contributed by atoms with E-state index in [2.05, 4.69) is 27.9 Å². The van der Waals surface area contributed by atoms with Gasteiger partial charge < -0.3 is 5.73 Å². The molecule has 1 fully saturated rings. The lowest BCUT2D eigenvalue weighted by Crippen LogP contribution is -2.32. The van der Waals surface area contributed by atoms with Gasteiger partial charge in [0.05, 0.1) is 16.1 Å². The Balaban J connectivity index is 1.54. The van der Waals surface area contributed by atoms with Crippen LogP contribution in [-0.4, -0.2) is 33.9 Å². The van der Waals surface area contributed by atoms with Gasteiger partial charge >= 0.3 is 0 Å². The molecule has 0 spiro atoms. The van der Waals surface area contributed by atoms with Crippen molar-refractivity contribution in [2.75, 3.05) is 13.1 Å². The van der Waals surface area contributed by atoms with E-state index >= 15 is 0 Å². The smallest absolute Gasteiger partial charge is 0.259 e. The lowest BCUT2D eigenvalue weighted by atomic mass is 9.87. The van der Waals surface area contributed by atoms with Gasteiger partial charge in [0.25, 0.3) is 5.91 Å². The summed E-state index contributed by atoms with van der Waals surface area (Å²) < 4.78 is 0. The number of carbonyl (C=O) groups excluding carboxylic acids is 1. The first-order chi connectivity index (χ1) is 12.1. The highest BCUT2D eigenvalue weighted by Crippen LogP contribution is 2.39. The van der Waals surface area contributed by atoms with E-state index in [4.69, 9.17) is 5.73 Å². The number of rotatable bonds is 4. The Kier molecular flexibility index (Phi) is 4.54.